The van der Waals surface area contributed by atoms with Crippen molar-refractivity contribution in [2.24, 2.45) is 5.73 Å². The van der Waals surface area contributed by atoms with Crippen LogP contribution >= 0.6 is 0 Å². The molecule has 4 nitrogen and oxygen atoms in total. The zero-order valence-electron chi connectivity index (χ0n) is 12.1. The van der Waals surface area contributed by atoms with Gasteiger partial charge in [-0.25, -0.2) is 0 Å². The molecule has 0 rings (SSSR count). The third-order valence-electron chi connectivity index (χ3n) is 3.44. The lowest BCUT2D eigenvalue weighted by molar-refractivity contribution is -0.149. The van der Waals surface area contributed by atoms with Gasteiger partial charge in [0.2, 0.25) is 0 Å². The van der Waals surface area contributed by atoms with Gasteiger partial charge in [0.05, 0.1) is 6.61 Å². The predicted octanol–water partition coefficient (Wildman–Crippen LogP) is 1.78. The van der Waals surface area contributed by atoms with Crippen molar-refractivity contribution >= 4 is 5.97 Å². The van der Waals surface area contributed by atoms with Gasteiger partial charge in [0, 0.05) is 12.1 Å². The van der Waals surface area contributed by atoms with Gasteiger partial charge in [0.15, 0.2) is 0 Å². The lowest BCUT2D eigenvalue weighted by atomic mass is 9.93. The summed E-state index contributed by atoms with van der Waals surface area (Å²) in [4.78, 5) is 14.0. The Balaban J connectivity index is 4.44. The molecule has 0 saturated carbocycles. The molecule has 4 heteroatoms. The molecule has 0 amide bonds. The molecule has 2 N–H and O–H groups in total. The summed E-state index contributed by atoms with van der Waals surface area (Å²) in [6.45, 7) is 10.3. The summed E-state index contributed by atoms with van der Waals surface area (Å²) in [5, 5.41) is 0. The van der Waals surface area contributed by atoms with E-state index >= 15 is 0 Å². The van der Waals surface area contributed by atoms with Gasteiger partial charge in [-0.15, -0.1) is 0 Å². The van der Waals surface area contributed by atoms with E-state index in [-0.39, 0.29) is 12.0 Å². The largest absolute Gasteiger partial charge is 0.465 e. The summed E-state index contributed by atoms with van der Waals surface area (Å²) in [6.07, 6.45) is 1.69. The zero-order valence-corrected chi connectivity index (χ0v) is 12.1. The van der Waals surface area contributed by atoms with Gasteiger partial charge >= 0.3 is 5.97 Å². The molecular formula is C13H28N2O2. The quantitative estimate of drug-likeness (QED) is 0.694. The van der Waals surface area contributed by atoms with Crippen molar-refractivity contribution in [2.75, 3.05) is 13.7 Å². The van der Waals surface area contributed by atoms with E-state index < -0.39 is 5.54 Å². The Morgan fingerprint density at radius 1 is 1.35 bits per heavy atom. The maximum absolute atomic E-state index is 11.7. The highest BCUT2D eigenvalue weighted by Crippen LogP contribution is 2.17. The summed E-state index contributed by atoms with van der Waals surface area (Å²) < 4.78 is 4.99. The van der Waals surface area contributed by atoms with Gasteiger partial charge in [-0.05, 0) is 47.6 Å². The molecule has 0 aromatic heterocycles. The van der Waals surface area contributed by atoms with Crippen LogP contribution in [0.15, 0.2) is 0 Å². The maximum atomic E-state index is 11.7. The Morgan fingerprint density at radius 3 is 2.29 bits per heavy atom. The fourth-order valence-corrected chi connectivity index (χ4v) is 1.86. The van der Waals surface area contributed by atoms with Crippen LogP contribution < -0.4 is 5.73 Å². The lowest BCUT2D eigenvalue weighted by Gasteiger charge is -2.34. The van der Waals surface area contributed by atoms with Gasteiger partial charge in [-0.1, -0.05) is 6.92 Å². The number of esters is 1. The molecule has 0 aromatic carbocycles. The van der Waals surface area contributed by atoms with Crippen LogP contribution in [0.1, 0.15) is 47.5 Å². The molecule has 0 aromatic rings. The number of nitrogens with two attached hydrogens (primary N) is 1. The first kappa shape index (κ1) is 16.4. The first-order chi connectivity index (χ1) is 7.76. The van der Waals surface area contributed by atoms with Crippen molar-refractivity contribution in [3.8, 4) is 0 Å². The minimum Gasteiger partial charge on any atom is -0.465 e. The Morgan fingerprint density at radius 2 is 1.88 bits per heavy atom. The molecule has 3 unspecified atom stereocenters. The van der Waals surface area contributed by atoms with Crippen LogP contribution in [-0.2, 0) is 9.53 Å². The number of carbonyl (C=O) groups excluding carboxylic acids is 1. The molecular weight excluding hydrogens is 216 g/mol. The Hall–Kier alpha value is -0.610. The molecule has 0 bridgehead atoms. The SMILES string of the molecule is CCOC(=O)C(C)(N)CC(C)N(C)C(C)CC. The first-order valence-electron chi connectivity index (χ1n) is 6.44. The second-order valence-electron chi connectivity index (χ2n) is 5.11. The molecule has 102 valence electrons. The molecule has 0 saturated heterocycles. The number of carbonyl (C=O) groups is 1. The average Bonchev–Trinajstić information content (AvgIpc) is 2.26. The van der Waals surface area contributed by atoms with E-state index in [1.54, 1.807) is 13.8 Å². The summed E-state index contributed by atoms with van der Waals surface area (Å²) >= 11 is 0. The summed E-state index contributed by atoms with van der Waals surface area (Å²) in [7, 11) is 2.07. The van der Waals surface area contributed by atoms with Gasteiger partial charge < -0.3 is 15.4 Å². The molecule has 0 spiro atoms. The number of hydrogen-bond donors (Lipinski definition) is 1. The van der Waals surface area contributed by atoms with Crippen molar-refractivity contribution in [3.05, 3.63) is 0 Å². The van der Waals surface area contributed by atoms with E-state index in [9.17, 15) is 4.79 Å². The van der Waals surface area contributed by atoms with E-state index in [0.29, 0.717) is 19.1 Å². The van der Waals surface area contributed by atoms with Gasteiger partial charge in [0.1, 0.15) is 5.54 Å². The van der Waals surface area contributed by atoms with Gasteiger partial charge in [-0.2, -0.15) is 0 Å². The number of ether oxygens (including phenoxy) is 1. The minimum absolute atomic E-state index is 0.254. The van der Waals surface area contributed by atoms with Crippen LogP contribution in [0.2, 0.25) is 0 Å². The van der Waals surface area contributed by atoms with E-state index in [2.05, 4.69) is 32.7 Å². The molecule has 0 aliphatic carbocycles. The molecule has 3 atom stereocenters. The van der Waals surface area contributed by atoms with Crippen molar-refractivity contribution in [1.82, 2.24) is 4.90 Å². The smallest absolute Gasteiger partial charge is 0.325 e. The molecule has 0 fully saturated rings. The Bertz CT molecular complexity index is 242. The molecule has 0 radical (unpaired) electrons. The molecule has 0 heterocycles. The van der Waals surface area contributed by atoms with Crippen LogP contribution in [0, 0.1) is 0 Å². The fraction of sp³-hybridized carbons (Fsp3) is 0.923. The van der Waals surface area contributed by atoms with Crippen LogP contribution in [0.3, 0.4) is 0 Å². The third kappa shape index (κ3) is 5.04. The van der Waals surface area contributed by atoms with Crippen molar-refractivity contribution in [2.45, 2.75) is 65.1 Å². The second-order valence-corrected chi connectivity index (χ2v) is 5.11. The Kier molecular flexibility index (Phi) is 6.72. The van der Waals surface area contributed by atoms with E-state index in [1.807, 2.05) is 0 Å². The highest BCUT2D eigenvalue weighted by atomic mass is 16.5. The summed E-state index contributed by atoms with van der Waals surface area (Å²) in [5.74, 6) is -0.315. The monoisotopic (exact) mass is 244 g/mol. The van der Waals surface area contributed by atoms with Crippen molar-refractivity contribution in [1.29, 1.82) is 0 Å². The summed E-state index contributed by atoms with van der Waals surface area (Å²) in [5.41, 5.74) is 5.12. The lowest BCUT2D eigenvalue weighted by Crippen LogP contribution is -2.51. The normalized spacial score (nSPS) is 18.6. The number of rotatable bonds is 7. The molecule has 17 heavy (non-hydrogen) atoms. The van der Waals surface area contributed by atoms with E-state index in [1.165, 1.54) is 0 Å². The van der Waals surface area contributed by atoms with Crippen molar-refractivity contribution < 1.29 is 9.53 Å². The highest BCUT2D eigenvalue weighted by molar-refractivity contribution is 5.80. The number of hydrogen-bond acceptors (Lipinski definition) is 4. The minimum atomic E-state index is -0.906. The summed E-state index contributed by atoms with van der Waals surface area (Å²) in [6, 6.07) is 0.743. The first-order valence-corrected chi connectivity index (χ1v) is 6.44. The standard InChI is InChI=1S/C13H28N2O2/c1-7-10(3)15(6)11(4)9-13(5,14)12(16)17-8-2/h10-11H,7-9,14H2,1-6H3. The third-order valence-corrected chi connectivity index (χ3v) is 3.44. The average molecular weight is 244 g/mol. The van der Waals surface area contributed by atoms with E-state index in [0.717, 1.165) is 6.42 Å². The van der Waals surface area contributed by atoms with Crippen LogP contribution in [-0.4, -0.2) is 42.1 Å². The van der Waals surface area contributed by atoms with Gasteiger partial charge in [-0.3, -0.25) is 4.79 Å². The maximum Gasteiger partial charge on any atom is 0.325 e. The zero-order chi connectivity index (χ0) is 13.6. The topological polar surface area (TPSA) is 55.6 Å². The van der Waals surface area contributed by atoms with Crippen LogP contribution in [0.5, 0.6) is 0 Å². The van der Waals surface area contributed by atoms with Crippen LogP contribution in [0.25, 0.3) is 0 Å². The molecule has 0 aliphatic heterocycles. The predicted molar refractivity (Wildman–Crippen MR) is 70.8 cm³/mol. The van der Waals surface area contributed by atoms with Gasteiger partial charge in [0.25, 0.3) is 0 Å². The highest BCUT2D eigenvalue weighted by Gasteiger charge is 2.33. The number of nitrogens with zero attached hydrogens (tertiary/aromatic N) is 1. The molecule has 0 aliphatic rings. The van der Waals surface area contributed by atoms with Crippen molar-refractivity contribution in [3.63, 3.8) is 0 Å². The second kappa shape index (κ2) is 6.97. The Labute approximate surface area is 105 Å². The van der Waals surface area contributed by atoms with E-state index in [4.69, 9.17) is 10.5 Å². The van der Waals surface area contributed by atoms with Crippen LogP contribution in [0.4, 0.5) is 0 Å². The fourth-order valence-electron chi connectivity index (χ4n) is 1.86.